The molecule has 128 valence electrons. The topological polar surface area (TPSA) is 74.1 Å². The lowest BCUT2D eigenvalue weighted by Crippen LogP contribution is -2.21. The van der Waals surface area contributed by atoms with Crippen LogP contribution in [0, 0.1) is 5.82 Å². The summed E-state index contributed by atoms with van der Waals surface area (Å²) in [6.45, 7) is 4.10. The van der Waals surface area contributed by atoms with Gasteiger partial charge in [0.25, 0.3) is 0 Å². The summed E-state index contributed by atoms with van der Waals surface area (Å²) in [6.07, 6.45) is 4.48. The van der Waals surface area contributed by atoms with Crippen LogP contribution >= 0.6 is 0 Å². The maximum absolute atomic E-state index is 14.6. The summed E-state index contributed by atoms with van der Waals surface area (Å²) in [6, 6.07) is 4.40. The molecule has 0 aliphatic heterocycles. The van der Waals surface area contributed by atoms with Crippen LogP contribution in [-0.4, -0.2) is 27.1 Å². The third-order valence-electron chi connectivity index (χ3n) is 3.79. The van der Waals surface area contributed by atoms with Gasteiger partial charge in [0.1, 0.15) is 22.7 Å². The number of rotatable bonds is 4. The molecule has 3 heterocycles. The molecule has 0 atom stereocenters. The predicted molar refractivity (Wildman–Crippen MR) is 90.8 cm³/mol. The molecule has 0 radical (unpaired) electrons. The van der Waals surface area contributed by atoms with Crippen molar-refractivity contribution in [1.29, 1.82) is 0 Å². The Morgan fingerprint density at radius 3 is 2.64 bits per heavy atom. The number of halogens is 1. The minimum Gasteiger partial charge on any atom is -0.462 e. The van der Waals surface area contributed by atoms with Crippen LogP contribution in [0.3, 0.4) is 0 Å². The van der Waals surface area contributed by atoms with Crippen molar-refractivity contribution in [3.05, 3.63) is 58.4 Å². The molecule has 3 aromatic heterocycles. The third-order valence-corrected chi connectivity index (χ3v) is 3.79. The van der Waals surface area contributed by atoms with Crippen molar-refractivity contribution < 1.29 is 13.9 Å². The Kier molecular flexibility index (Phi) is 4.56. The second kappa shape index (κ2) is 6.80. The Labute approximate surface area is 142 Å². The fourth-order valence-corrected chi connectivity index (χ4v) is 2.59. The van der Waals surface area contributed by atoms with Gasteiger partial charge < -0.3 is 9.30 Å². The first kappa shape index (κ1) is 16.8. The van der Waals surface area contributed by atoms with Gasteiger partial charge in [-0.05, 0) is 32.0 Å². The van der Waals surface area contributed by atoms with Crippen molar-refractivity contribution in [1.82, 2.24) is 14.5 Å². The molecular weight excluding hydrogens is 325 g/mol. The average molecular weight is 341 g/mol. The highest BCUT2D eigenvalue weighted by atomic mass is 19.1. The van der Waals surface area contributed by atoms with Crippen molar-refractivity contribution in [3.63, 3.8) is 0 Å². The molecule has 0 N–H and O–H groups in total. The van der Waals surface area contributed by atoms with Crippen molar-refractivity contribution in [2.75, 3.05) is 6.61 Å². The number of nitrogens with zero attached hydrogens (tertiary/aromatic N) is 3. The van der Waals surface area contributed by atoms with E-state index < -0.39 is 17.2 Å². The van der Waals surface area contributed by atoms with Gasteiger partial charge in [0.05, 0.1) is 12.0 Å². The van der Waals surface area contributed by atoms with Gasteiger partial charge in [-0.3, -0.25) is 9.78 Å². The standard InChI is InChI=1S/C18H16FN3O3/c1-3-22-10-13(18(24)25-4-2)16(23)12-9-14(19)15(21-17(12)22)11-5-7-20-8-6-11/h5-10H,3-4H2,1-2H3. The van der Waals surface area contributed by atoms with E-state index in [1.165, 1.54) is 18.6 Å². The van der Waals surface area contributed by atoms with E-state index in [0.29, 0.717) is 17.8 Å². The number of hydrogen-bond acceptors (Lipinski definition) is 5. The lowest BCUT2D eigenvalue weighted by Gasteiger charge is -2.12. The van der Waals surface area contributed by atoms with Crippen molar-refractivity contribution in [3.8, 4) is 11.3 Å². The van der Waals surface area contributed by atoms with Gasteiger partial charge in [0.15, 0.2) is 0 Å². The van der Waals surface area contributed by atoms with E-state index in [9.17, 15) is 14.0 Å². The highest BCUT2D eigenvalue weighted by Crippen LogP contribution is 2.23. The number of ether oxygens (including phenoxy) is 1. The minimum atomic E-state index is -0.727. The first-order valence-electron chi connectivity index (χ1n) is 7.88. The van der Waals surface area contributed by atoms with Gasteiger partial charge in [0.2, 0.25) is 5.43 Å². The second-order valence-corrected chi connectivity index (χ2v) is 5.30. The summed E-state index contributed by atoms with van der Waals surface area (Å²) in [5.74, 6) is -1.37. The maximum Gasteiger partial charge on any atom is 0.343 e. The van der Waals surface area contributed by atoms with E-state index in [4.69, 9.17) is 4.74 Å². The van der Waals surface area contributed by atoms with E-state index in [2.05, 4.69) is 9.97 Å². The van der Waals surface area contributed by atoms with Crippen LogP contribution in [0.25, 0.3) is 22.3 Å². The first-order chi connectivity index (χ1) is 12.1. The van der Waals surface area contributed by atoms with E-state index in [0.717, 1.165) is 6.07 Å². The molecule has 3 rings (SSSR count). The summed E-state index contributed by atoms with van der Waals surface area (Å²) in [4.78, 5) is 32.8. The number of pyridine rings is 3. The van der Waals surface area contributed by atoms with Gasteiger partial charge in [-0.2, -0.15) is 0 Å². The SMILES string of the molecule is CCOC(=O)c1cn(CC)c2nc(-c3ccncc3)c(F)cc2c1=O. The molecule has 0 saturated carbocycles. The summed E-state index contributed by atoms with van der Waals surface area (Å²) < 4.78 is 21.1. The number of carbonyl (C=O) groups excluding carboxylic acids is 1. The Hall–Kier alpha value is -3.09. The van der Waals surface area contributed by atoms with Gasteiger partial charge in [-0.25, -0.2) is 14.2 Å². The number of carbonyl (C=O) groups is 1. The molecule has 6 nitrogen and oxygen atoms in total. The molecule has 0 saturated heterocycles. The molecule has 3 aromatic rings. The van der Waals surface area contributed by atoms with Gasteiger partial charge in [-0.15, -0.1) is 0 Å². The molecule has 0 amide bonds. The second-order valence-electron chi connectivity index (χ2n) is 5.30. The molecule has 0 unspecified atom stereocenters. The highest BCUT2D eigenvalue weighted by Gasteiger charge is 2.19. The predicted octanol–water partition coefficient (Wildman–Crippen LogP) is 2.79. The molecule has 0 aliphatic carbocycles. The fraction of sp³-hybridized carbons (Fsp3) is 0.222. The van der Waals surface area contributed by atoms with Crippen LogP contribution in [0.2, 0.25) is 0 Å². The smallest absolute Gasteiger partial charge is 0.343 e. The maximum atomic E-state index is 14.6. The molecule has 0 aliphatic rings. The summed E-state index contributed by atoms with van der Waals surface area (Å²) in [5.41, 5.74) is 0.271. The number of hydrogen-bond donors (Lipinski definition) is 0. The number of aromatic nitrogens is 3. The van der Waals surface area contributed by atoms with Crippen LogP contribution in [-0.2, 0) is 11.3 Å². The normalized spacial score (nSPS) is 10.8. The van der Waals surface area contributed by atoms with Crippen LogP contribution in [0.4, 0.5) is 4.39 Å². The summed E-state index contributed by atoms with van der Waals surface area (Å²) >= 11 is 0. The third kappa shape index (κ3) is 3.00. The zero-order chi connectivity index (χ0) is 18.0. The molecule has 0 fully saturated rings. The van der Waals surface area contributed by atoms with Crippen molar-refractivity contribution >= 4 is 17.0 Å². The number of fused-ring (bicyclic) bond motifs is 1. The van der Waals surface area contributed by atoms with Gasteiger partial charge in [-0.1, -0.05) is 0 Å². The molecule has 25 heavy (non-hydrogen) atoms. The zero-order valence-corrected chi connectivity index (χ0v) is 13.8. The summed E-state index contributed by atoms with van der Waals surface area (Å²) in [7, 11) is 0. The molecule has 0 aromatic carbocycles. The first-order valence-corrected chi connectivity index (χ1v) is 7.88. The molecule has 0 spiro atoms. The Morgan fingerprint density at radius 2 is 2.00 bits per heavy atom. The van der Waals surface area contributed by atoms with E-state index in [1.54, 1.807) is 23.6 Å². The van der Waals surface area contributed by atoms with Crippen LogP contribution in [0.15, 0.2) is 41.6 Å². The highest BCUT2D eigenvalue weighted by molar-refractivity contribution is 5.93. The largest absolute Gasteiger partial charge is 0.462 e. The monoisotopic (exact) mass is 341 g/mol. The van der Waals surface area contributed by atoms with Gasteiger partial charge in [0, 0.05) is 30.7 Å². The fourth-order valence-electron chi connectivity index (χ4n) is 2.59. The Balaban J connectivity index is 2.30. The van der Waals surface area contributed by atoms with Crippen molar-refractivity contribution in [2.45, 2.75) is 20.4 Å². The van der Waals surface area contributed by atoms with E-state index >= 15 is 0 Å². The van der Waals surface area contributed by atoms with Crippen LogP contribution < -0.4 is 5.43 Å². The molecule has 7 heteroatoms. The Bertz CT molecular complexity index is 1000. The summed E-state index contributed by atoms with van der Waals surface area (Å²) in [5, 5.41) is 0.0442. The van der Waals surface area contributed by atoms with Crippen LogP contribution in [0.5, 0.6) is 0 Å². The quantitative estimate of drug-likeness (QED) is 0.682. The Morgan fingerprint density at radius 1 is 1.28 bits per heavy atom. The molecule has 0 bridgehead atoms. The zero-order valence-electron chi connectivity index (χ0n) is 13.8. The number of aryl methyl sites for hydroxylation is 1. The average Bonchev–Trinajstić information content (AvgIpc) is 2.63. The van der Waals surface area contributed by atoms with Gasteiger partial charge >= 0.3 is 5.97 Å². The molecular formula is C18H16FN3O3. The van der Waals surface area contributed by atoms with Crippen molar-refractivity contribution in [2.24, 2.45) is 0 Å². The lowest BCUT2D eigenvalue weighted by molar-refractivity contribution is 0.0524. The van der Waals surface area contributed by atoms with E-state index in [1.807, 2.05) is 6.92 Å². The lowest BCUT2D eigenvalue weighted by atomic mass is 10.1. The van der Waals surface area contributed by atoms with Crippen LogP contribution in [0.1, 0.15) is 24.2 Å². The minimum absolute atomic E-state index is 0.0442. The number of esters is 1. The van der Waals surface area contributed by atoms with E-state index in [-0.39, 0.29) is 23.3 Å².